The highest BCUT2D eigenvalue weighted by Crippen LogP contribution is 2.48. The third-order valence-electron chi connectivity index (χ3n) is 3.01. The van der Waals surface area contributed by atoms with Crippen molar-refractivity contribution in [2.75, 3.05) is 6.61 Å². The number of rotatable bonds is 4. The molecule has 2 atom stereocenters. The Bertz CT molecular complexity index is 242. The summed E-state index contributed by atoms with van der Waals surface area (Å²) < 4.78 is 4.89. The van der Waals surface area contributed by atoms with Crippen molar-refractivity contribution in [1.29, 1.82) is 0 Å². The van der Waals surface area contributed by atoms with Gasteiger partial charge in [0.1, 0.15) is 6.61 Å². The Morgan fingerprint density at radius 1 is 1.62 bits per heavy atom. The lowest BCUT2D eigenvalue weighted by Gasteiger charge is -1.98. The average Bonchev–Trinajstić information content (AvgIpc) is 2.78. The molecule has 0 aromatic carbocycles. The molecule has 2 rings (SSSR count). The smallest absolute Gasteiger partial charge is 0.331 e. The van der Waals surface area contributed by atoms with Crippen molar-refractivity contribution in [3.63, 3.8) is 0 Å². The van der Waals surface area contributed by atoms with Crippen molar-refractivity contribution >= 4 is 5.97 Å². The molecule has 0 N–H and O–H groups in total. The van der Waals surface area contributed by atoms with Gasteiger partial charge in [-0.3, -0.25) is 0 Å². The summed E-state index contributed by atoms with van der Waals surface area (Å²) in [6.07, 6.45) is 6.90. The lowest BCUT2D eigenvalue weighted by Crippen LogP contribution is -1.93. The Kier molecular flexibility index (Phi) is 2.38. The predicted octanol–water partition coefficient (Wildman–Crippen LogP) is 2.30. The zero-order valence-electron chi connectivity index (χ0n) is 8.08. The van der Waals surface area contributed by atoms with Gasteiger partial charge in [0.15, 0.2) is 0 Å². The van der Waals surface area contributed by atoms with E-state index in [4.69, 9.17) is 4.74 Å². The summed E-state index contributed by atoms with van der Waals surface area (Å²) >= 11 is 0. The van der Waals surface area contributed by atoms with E-state index >= 15 is 0 Å². The molecule has 0 unspecified atom stereocenters. The molecule has 1 heterocycles. The second kappa shape index (κ2) is 3.52. The van der Waals surface area contributed by atoms with E-state index in [0.717, 1.165) is 5.92 Å². The molecule has 0 radical (unpaired) electrons. The van der Waals surface area contributed by atoms with Crippen LogP contribution in [0.1, 0.15) is 32.6 Å². The molecule has 0 spiro atoms. The topological polar surface area (TPSA) is 26.3 Å². The van der Waals surface area contributed by atoms with E-state index < -0.39 is 0 Å². The predicted molar refractivity (Wildman–Crippen MR) is 50.2 cm³/mol. The maximum Gasteiger partial charge on any atom is 0.331 e. The van der Waals surface area contributed by atoms with Gasteiger partial charge < -0.3 is 4.74 Å². The van der Waals surface area contributed by atoms with E-state index in [0.29, 0.717) is 12.5 Å². The van der Waals surface area contributed by atoms with Gasteiger partial charge in [-0.15, -0.1) is 0 Å². The molecule has 1 fully saturated rings. The Morgan fingerprint density at radius 3 is 3.08 bits per heavy atom. The summed E-state index contributed by atoms with van der Waals surface area (Å²) in [4.78, 5) is 10.8. The number of unbranched alkanes of at least 4 members (excludes halogenated alkanes) is 1. The van der Waals surface area contributed by atoms with E-state index in [2.05, 4.69) is 6.92 Å². The summed E-state index contributed by atoms with van der Waals surface area (Å²) in [5.74, 6) is 1.38. The third kappa shape index (κ3) is 1.93. The summed E-state index contributed by atoms with van der Waals surface area (Å²) in [5, 5.41) is 0. The number of carbonyl (C=O) groups excluding carboxylic acids is 1. The lowest BCUT2D eigenvalue weighted by molar-refractivity contribution is -0.134. The molecule has 1 aliphatic heterocycles. The van der Waals surface area contributed by atoms with E-state index in [9.17, 15) is 4.79 Å². The van der Waals surface area contributed by atoms with Gasteiger partial charge >= 0.3 is 5.97 Å². The number of cyclic esters (lactones) is 1. The molecule has 0 saturated heterocycles. The van der Waals surface area contributed by atoms with Gasteiger partial charge in [0.05, 0.1) is 0 Å². The first-order valence-corrected chi connectivity index (χ1v) is 5.18. The van der Waals surface area contributed by atoms with Crippen LogP contribution in [0.15, 0.2) is 11.6 Å². The van der Waals surface area contributed by atoms with E-state index in [1.54, 1.807) is 6.08 Å². The molecule has 0 aromatic heterocycles. The van der Waals surface area contributed by atoms with Crippen molar-refractivity contribution in [2.24, 2.45) is 11.8 Å². The van der Waals surface area contributed by atoms with Gasteiger partial charge in [-0.2, -0.15) is 0 Å². The van der Waals surface area contributed by atoms with Gasteiger partial charge in [0, 0.05) is 6.08 Å². The molecule has 72 valence electrons. The van der Waals surface area contributed by atoms with Crippen molar-refractivity contribution in [2.45, 2.75) is 32.6 Å². The Labute approximate surface area is 79.0 Å². The second-order valence-corrected chi connectivity index (χ2v) is 4.07. The second-order valence-electron chi connectivity index (χ2n) is 4.07. The Balaban J connectivity index is 1.79. The molecular formula is C11H16O2. The molecule has 0 amide bonds. The quantitative estimate of drug-likeness (QED) is 0.620. The first-order chi connectivity index (χ1) is 6.31. The number of hydrogen-bond acceptors (Lipinski definition) is 2. The fourth-order valence-electron chi connectivity index (χ4n) is 2.09. The minimum Gasteiger partial charge on any atom is -0.458 e. The summed E-state index contributed by atoms with van der Waals surface area (Å²) in [6.45, 7) is 2.78. The van der Waals surface area contributed by atoms with Crippen LogP contribution in [0, 0.1) is 11.8 Å². The van der Waals surface area contributed by atoms with Crippen LogP contribution in [0.5, 0.6) is 0 Å². The fourth-order valence-corrected chi connectivity index (χ4v) is 2.09. The molecule has 1 saturated carbocycles. The monoisotopic (exact) mass is 180 g/mol. The van der Waals surface area contributed by atoms with Crippen LogP contribution in [-0.2, 0) is 9.53 Å². The molecule has 2 heteroatoms. The normalized spacial score (nSPS) is 31.5. The third-order valence-corrected chi connectivity index (χ3v) is 3.01. The van der Waals surface area contributed by atoms with Crippen LogP contribution in [0.4, 0.5) is 0 Å². The standard InChI is InChI=1S/C11H16O2/c1-2-3-4-8-5-10(8)9-6-11(12)13-7-9/h6,8,10H,2-5,7H2,1H3/t8-,10-/m0/s1. The molecule has 2 nitrogen and oxygen atoms in total. The van der Waals surface area contributed by atoms with Crippen LogP contribution >= 0.6 is 0 Å². The maximum atomic E-state index is 10.8. The molecule has 2 aliphatic rings. The number of esters is 1. The van der Waals surface area contributed by atoms with Crippen LogP contribution in [0.3, 0.4) is 0 Å². The number of carbonyl (C=O) groups is 1. The van der Waals surface area contributed by atoms with Crippen LogP contribution in [-0.4, -0.2) is 12.6 Å². The molecule has 13 heavy (non-hydrogen) atoms. The van der Waals surface area contributed by atoms with Gasteiger partial charge in [0.25, 0.3) is 0 Å². The summed E-state index contributed by atoms with van der Waals surface area (Å²) in [7, 11) is 0. The minimum absolute atomic E-state index is 0.142. The number of ether oxygens (including phenoxy) is 1. The van der Waals surface area contributed by atoms with Crippen molar-refractivity contribution in [1.82, 2.24) is 0 Å². The first kappa shape index (κ1) is 8.79. The highest BCUT2D eigenvalue weighted by molar-refractivity contribution is 5.85. The van der Waals surface area contributed by atoms with Gasteiger partial charge in [0.2, 0.25) is 0 Å². The highest BCUT2D eigenvalue weighted by Gasteiger charge is 2.40. The average molecular weight is 180 g/mol. The Morgan fingerprint density at radius 2 is 2.46 bits per heavy atom. The van der Waals surface area contributed by atoms with E-state index in [-0.39, 0.29) is 5.97 Å². The minimum atomic E-state index is -0.142. The highest BCUT2D eigenvalue weighted by atomic mass is 16.5. The maximum absolute atomic E-state index is 10.8. The van der Waals surface area contributed by atoms with Crippen molar-refractivity contribution in [3.05, 3.63) is 11.6 Å². The first-order valence-electron chi connectivity index (χ1n) is 5.18. The SMILES string of the molecule is CCCC[C@H]1C[C@@H]1C1=CC(=O)OC1. The Hall–Kier alpha value is -0.790. The zero-order valence-corrected chi connectivity index (χ0v) is 8.08. The van der Waals surface area contributed by atoms with Gasteiger partial charge in [-0.25, -0.2) is 4.79 Å². The summed E-state index contributed by atoms with van der Waals surface area (Å²) in [5.41, 5.74) is 1.24. The lowest BCUT2D eigenvalue weighted by atomic mass is 10.1. The van der Waals surface area contributed by atoms with Crippen molar-refractivity contribution in [3.8, 4) is 0 Å². The van der Waals surface area contributed by atoms with Gasteiger partial charge in [-0.1, -0.05) is 19.8 Å². The molecule has 0 bridgehead atoms. The fraction of sp³-hybridized carbons (Fsp3) is 0.727. The molecular weight excluding hydrogens is 164 g/mol. The van der Waals surface area contributed by atoms with Crippen LogP contribution < -0.4 is 0 Å². The van der Waals surface area contributed by atoms with Crippen molar-refractivity contribution < 1.29 is 9.53 Å². The molecule has 1 aliphatic carbocycles. The molecule has 0 aromatic rings. The zero-order chi connectivity index (χ0) is 9.26. The largest absolute Gasteiger partial charge is 0.458 e. The summed E-state index contributed by atoms with van der Waals surface area (Å²) in [6, 6.07) is 0. The number of hydrogen-bond donors (Lipinski definition) is 0. The van der Waals surface area contributed by atoms with Crippen LogP contribution in [0.2, 0.25) is 0 Å². The van der Waals surface area contributed by atoms with Crippen LogP contribution in [0.25, 0.3) is 0 Å². The van der Waals surface area contributed by atoms with E-state index in [1.807, 2.05) is 0 Å². The van der Waals surface area contributed by atoms with E-state index in [1.165, 1.54) is 31.3 Å². The van der Waals surface area contributed by atoms with Gasteiger partial charge in [-0.05, 0) is 30.3 Å².